The minimum atomic E-state index is -1.62. The molecule has 11 heteroatoms. The average Bonchev–Trinajstić information content (AvgIpc) is 3.37. The fourth-order valence-corrected chi connectivity index (χ4v) is 8.82. The van der Waals surface area contributed by atoms with Gasteiger partial charge in [0.15, 0.2) is 12.4 Å². The Bertz CT molecular complexity index is 1380. The van der Waals surface area contributed by atoms with Gasteiger partial charge in [-0.3, -0.25) is 9.59 Å². The number of rotatable bonds is 48. The van der Waals surface area contributed by atoms with E-state index in [1.54, 1.807) is 6.08 Å². The molecule has 412 valence electrons. The molecule has 1 saturated heterocycles. The van der Waals surface area contributed by atoms with Crippen LogP contribution < -0.4 is 5.32 Å². The molecular formula is C60H107NO10. The van der Waals surface area contributed by atoms with Crippen LogP contribution in [0, 0.1) is 0 Å². The van der Waals surface area contributed by atoms with E-state index in [9.17, 15) is 35.1 Å². The lowest BCUT2D eigenvalue weighted by molar-refractivity contribution is -0.305. The molecule has 1 heterocycles. The summed E-state index contributed by atoms with van der Waals surface area (Å²) in [6.07, 6.45) is 48.3. The van der Waals surface area contributed by atoms with Gasteiger partial charge in [0.05, 0.1) is 25.4 Å². The smallest absolute Gasteiger partial charge is 0.306 e. The molecule has 0 aromatic carbocycles. The van der Waals surface area contributed by atoms with Crippen molar-refractivity contribution in [1.29, 1.82) is 0 Å². The minimum absolute atomic E-state index is 0.116. The van der Waals surface area contributed by atoms with Crippen LogP contribution >= 0.6 is 0 Å². The average molecular weight is 1000 g/mol. The Morgan fingerprint density at radius 3 is 1.56 bits per heavy atom. The van der Waals surface area contributed by atoms with Crippen LogP contribution in [0.15, 0.2) is 60.8 Å². The zero-order valence-corrected chi connectivity index (χ0v) is 45.3. The summed E-state index contributed by atoms with van der Waals surface area (Å²) in [6.45, 7) is 5.63. The van der Waals surface area contributed by atoms with Gasteiger partial charge in [0.2, 0.25) is 5.91 Å². The third kappa shape index (κ3) is 36.9. The molecule has 1 fully saturated rings. The Hall–Kier alpha value is -2.64. The fraction of sp³-hybridized carbons (Fsp3) is 0.800. The first-order valence-corrected chi connectivity index (χ1v) is 29.1. The topological polar surface area (TPSA) is 175 Å². The quantitative estimate of drug-likeness (QED) is 0.0149. The monoisotopic (exact) mass is 1000 g/mol. The molecule has 1 aliphatic heterocycles. The molecule has 0 bridgehead atoms. The van der Waals surface area contributed by atoms with Gasteiger partial charge in [-0.2, -0.15) is 0 Å². The normalized spacial score (nSPS) is 20.0. The zero-order chi connectivity index (χ0) is 51.8. The number of hydrogen-bond acceptors (Lipinski definition) is 10. The summed E-state index contributed by atoms with van der Waals surface area (Å²) in [4.78, 5) is 26.5. The molecule has 11 nitrogen and oxygen atoms in total. The molecular weight excluding hydrogens is 895 g/mol. The van der Waals surface area contributed by atoms with Crippen LogP contribution in [0.2, 0.25) is 0 Å². The van der Waals surface area contributed by atoms with E-state index in [0.29, 0.717) is 12.8 Å². The number of amides is 1. The summed E-state index contributed by atoms with van der Waals surface area (Å²) >= 11 is 0. The lowest BCUT2D eigenvalue weighted by Crippen LogP contribution is -2.61. The number of ether oxygens (including phenoxy) is 3. The number of aliphatic hydroxyl groups excluding tert-OH is 5. The summed E-state index contributed by atoms with van der Waals surface area (Å²) < 4.78 is 17.6. The molecule has 0 aromatic rings. The van der Waals surface area contributed by atoms with E-state index >= 15 is 0 Å². The maximum atomic E-state index is 13.4. The van der Waals surface area contributed by atoms with Crippen molar-refractivity contribution < 1.29 is 49.3 Å². The minimum Gasteiger partial charge on any atom is -0.454 e. The van der Waals surface area contributed by atoms with Crippen molar-refractivity contribution in [3.8, 4) is 0 Å². The second kappa shape index (κ2) is 48.3. The van der Waals surface area contributed by atoms with Gasteiger partial charge in [-0.25, -0.2) is 0 Å². The van der Waals surface area contributed by atoms with E-state index in [0.717, 1.165) is 96.3 Å². The first-order valence-electron chi connectivity index (χ1n) is 29.1. The van der Waals surface area contributed by atoms with Crippen LogP contribution in [0.25, 0.3) is 0 Å². The number of esters is 1. The molecule has 0 spiro atoms. The predicted octanol–water partition coefficient (Wildman–Crippen LogP) is 13.1. The van der Waals surface area contributed by atoms with Crippen LogP contribution in [0.4, 0.5) is 0 Å². The SMILES string of the molecule is CC/C=C/C=C/C=C/CCCCCCCCC(O)C(=O)NC(COC1OC(CO)C(O)C(O)C1OC(=O)CCCCCCCCC/C=C\CCCCCC)C(O)/C=C/CCCCCCCCCCCCC. The second-order valence-corrected chi connectivity index (χ2v) is 20.1. The highest BCUT2D eigenvalue weighted by Gasteiger charge is 2.47. The molecule has 0 aliphatic carbocycles. The maximum Gasteiger partial charge on any atom is 0.306 e. The third-order valence-electron chi connectivity index (χ3n) is 13.5. The molecule has 8 unspecified atom stereocenters. The van der Waals surface area contributed by atoms with Gasteiger partial charge in [0.1, 0.15) is 24.4 Å². The van der Waals surface area contributed by atoms with Gasteiger partial charge in [-0.05, 0) is 70.6 Å². The summed E-state index contributed by atoms with van der Waals surface area (Å²) in [5.41, 5.74) is 0. The van der Waals surface area contributed by atoms with Crippen molar-refractivity contribution in [1.82, 2.24) is 5.32 Å². The second-order valence-electron chi connectivity index (χ2n) is 20.1. The predicted molar refractivity (Wildman–Crippen MR) is 292 cm³/mol. The molecule has 1 rings (SSSR count). The molecule has 1 aliphatic rings. The summed E-state index contributed by atoms with van der Waals surface area (Å²) in [5.74, 6) is -1.21. The standard InChI is InChI=1S/C60H107NO10/c1-4-7-10-13-16-19-22-25-27-30-33-36-39-42-45-48-55(65)71-58-57(67)56(66)54(49-62)70-60(58)69-50-51(52(63)46-43-40-37-34-31-28-24-21-18-15-12-9-6-3)61-59(68)53(64)47-44-41-38-35-32-29-26-23-20-17-14-11-8-5-2/h8,11,14,17,19-20,22-23,43,46,51-54,56-58,60,62-64,66-67H,4-7,9-10,12-13,15-16,18,21,24-42,44-45,47-50H2,1-3H3,(H,61,68)/b11-8+,17-14+,22-19-,23-20+,46-43+. The zero-order valence-electron chi connectivity index (χ0n) is 45.3. The first-order chi connectivity index (χ1) is 34.7. The molecule has 0 saturated carbocycles. The van der Waals surface area contributed by atoms with E-state index in [1.807, 2.05) is 18.2 Å². The summed E-state index contributed by atoms with van der Waals surface area (Å²) in [6, 6.07) is -1.03. The van der Waals surface area contributed by atoms with Crippen LogP contribution in [0.1, 0.15) is 245 Å². The van der Waals surface area contributed by atoms with Gasteiger partial charge < -0.3 is 45.1 Å². The summed E-state index contributed by atoms with van der Waals surface area (Å²) in [7, 11) is 0. The van der Waals surface area contributed by atoms with Crippen molar-refractivity contribution in [2.75, 3.05) is 13.2 Å². The fourth-order valence-electron chi connectivity index (χ4n) is 8.82. The maximum absolute atomic E-state index is 13.4. The number of allylic oxidation sites excluding steroid dienone is 9. The van der Waals surface area contributed by atoms with Crippen LogP contribution in [-0.4, -0.2) is 99.6 Å². The van der Waals surface area contributed by atoms with E-state index in [1.165, 1.54) is 103 Å². The Labute approximate surface area is 433 Å². The number of aliphatic hydroxyl groups is 5. The third-order valence-corrected chi connectivity index (χ3v) is 13.5. The number of unbranched alkanes of at least 4 members (excludes halogenated alkanes) is 28. The highest BCUT2D eigenvalue weighted by atomic mass is 16.7. The Kier molecular flexibility index (Phi) is 45.2. The van der Waals surface area contributed by atoms with E-state index < -0.39 is 67.4 Å². The van der Waals surface area contributed by atoms with Gasteiger partial charge >= 0.3 is 5.97 Å². The molecule has 71 heavy (non-hydrogen) atoms. The number of nitrogens with one attached hydrogen (secondary N) is 1. The van der Waals surface area contributed by atoms with Crippen LogP contribution in [0.5, 0.6) is 0 Å². The number of hydrogen-bond donors (Lipinski definition) is 6. The number of carbonyl (C=O) groups excluding carboxylic acids is 2. The Morgan fingerprint density at radius 2 is 1.03 bits per heavy atom. The van der Waals surface area contributed by atoms with Crippen LogP contribution in [-0.2, 0) is 23.8 Å². The van der Waals surface area contributed by atoms with Gasteiger partial charge in [0, 0.05) is 6.42 Å². The lowest BCUT2D eigenvalue weighted by Gasteiger charge is -2.41. The van der Waals surface area contributed by atoms with Gasteiger partial charge in [-0.15, -0.1) is 0 Å². The molecule has 0 radical (unpaired) electrons. The largest absolute Gasteiger partial charge is 0.454 e. The molecule has 1 amide bonds. The van der Waals surface area contributed by atoms with Crippen molar-refractivity contribution in [3.05, 3.63) is 60.8 Å². The van der Waals surface area contributed by atoms with Gasteiger partial charge in [-0.1, -0.05) is 229 Å². The van der Waals surface area contributed by atoms with Gasteiger partial charge in [0.25, 0.3) is 0 Å². The lowest BCUT2D eigenvalue weighted by atomic mass is 9.99. The van der Waals surface area contributed by atoms with Crippen LogP contribution in [0.3, 0.4) is 0 Å². The van der Waals surface area contributed by atoms with Crippen molar-refractivity contribution in [2.45, 2.75) is 294 Å². The van der Waals surface area contributed by atoms with Crippen molar-refractivity contribution in [3.63, 3.8) is 0 Å². The van der Waals surface area contributed by atoms with E-state index in [-0.39, 0.29) is 19.4 Å². The Balaban J connectivity index is 2.75. The molecule has 8 atom stereocenters. The first kappa shape index (κ1) is 66.4. The van der Waals surface area contributed by atoms with Crippen molar-refractivity contribution in [2.24, 2.45) is 0 Å². The number of carbonyl (C=O) groups is 2. The van der Waals surface area contributed by atoms with Crippen molar-refractivity contribution >= 4 is 11.9 Å². The Morgan fingerprint density at radius 1 is 0.563 bits per heavy atom. The van der Waals surface area contributed by atoms with E-state index in [4.69, 9.17) is 14.2 Å². The highest BCUT2D eigenvalue weighted by Crippen LogP contribution is 2.26. The van der Waals surface area contributed by atoms with E-state index in [2.05, 4.69) is 62.5 Å². The summed E-state index contributed by atoms with van der Waals surface area (Å²) in [5, 5.41) is 56.8. The molecule has 6 N–H and O–H groups in total. The molecule has 0 aromatic heterocycles. The highest BCUT2D eigenvalue weighted by molar-refractivity contribution is 5.80.